The lowest BCUT2D eigenvalue weighted by Gasteiger charge is -2.37. The van der Waals surface area contributed by atoms with Crippen molar-refractivity contribution >= 4 is 34.1 Å². The Hall–Kier alpha value is -5.28. The van der Waals surface area contributed by atoms with E-state index in [2.05, 4.69) is 174 Å². The van der Waals surface area contributed by atoms with Gasteiger partial charge in [0.05, 0.1) is 39.6 Å². The van der Waals surface area contributed by atoms with E-state index in [4.69, 9.17) is 23.7 Å². The minimum absolute atomic E-state index is 0.235. The fourth-order valence-electron chi connectivity index (χ4n) is 8.95. The van der Waals surface area contributed by atoms with Crippen LogP contribution in [-0.2, 0) is 29.1 Å². The van der Waals surface area contributed by atoms with Crippen LogP contribution in [-0.4, -0.2) is 67.1 Å². The minimum atomic E-state index is -0.235. The van der Waals surface area contributed by atoms with Gasteiger partial charge in [-0.05, 0) is 127 Å². The molecule has 0 unspecified atom stereocenters. The lowest BCUT2D eigenvalue weighted by Crippen LogP contribution is -2.30. The van der Waals surface area contributed by atoms with Gasteiger partial charge < -0.3 is 33.5 Å². The van der Waals surface area contributed by atoms with Gasteiger partial charge in [0.25, 0.3) is 0 Å². The van der Waals surface area contributed by atoms with E-state index in [0.717, 1.165) is 61.1 Å². The van der Waals surface area contributed by atoms with Crippen molar-refractivity contribution in [2.24, 2.45) is 5.92 Å². The fourth-order valence-corrected chi connectivity index (χ4v) is 8.95. The molecule has 0 bridgehead atoms. The van der Waals surface area contributed by atoms with E-state index < -0.39 is 0 Å². The third-order valence-electron chi connectivity index (χ3n) is 12.4. The third kappa shape index (κ3) is 11.7. The Morgan fingerprint density at radius 2 is 0.841 bits per heavy atom. The van der Waals surface area contributed by atoms with E-state index in [-0.39, 0.29) is 5.41 Å². The molecule has 0 N–H and O–H groups in total. The van der Waals surface area contributed by atoms with Crippen LogP contribution in [0.1, 0.15) is 63.0 Å². The van der Waals surface area contributed by atoms with Crippen molar-refractivity contribution in [3.05, 3.63) is 169 Å². The summed E-state index contributed by atoms with van der Waals surface area (Å²) in [6.07, 6.45) is 8.26. The summed E-state index contributed by atoms with van der Waals surface area (Å²) in [5.41, 5.74) is 12.1. The molecule has 0 atom stereocenters. The maximum Gasteiger partial charge on any atom is 0.0701 e. The Bertz CT molecular complexity index is 2000. The van der Waals surface area contributed by atoms with Gasteiger partial charge in [0.2, 0.25) is 0 Å². The van der Waals surface area contributed by atoms with Gasteiger partial charge >= 0.3 is 0 Å². The lowest BCUT2D eigenvalue weighted by molar-refractivity contribution is 0.0212. The Morgan fingerprint density at radius 1 is 0.444 bits per heavy atom. The molecule has 1 saturated carbocycles. The number of methoxy groups -OCH3 is 2. The first kappa shape index (κ1) is 45.7. The Labute approximate surface area is 376 Å². The summed E-state index contributed by atoms with van der Waals surface area (Å²) in [5.74, 6) is 0.779. The van der Waals surface area contributed by atoms with Crippen LogP contribution >= 0.6 is 0 Å². The van der Waals surface area contributed by atoms with Crippen LogP contribution in [0.25, 0.3) is 11.1 Å². The number of hydrogen-bond donors (Lipinski definition) is 0. The molecule has 7 heteroatoms. The predicted octanol–water partition coefficient (Wildman–Crippen LogP) is 13.6. The minimum Gasteiger partial charge on any atom is -0.382 e. The maximum absolute atomic E-state index is 6.42. The summed E-state index contributed by atoms with van der Waals surface area (Å²) in [7, 11) is 3.38. The smallest absolute Gasteiger partial charge is 0.0701 e. The standard InChI is InChI=1S/C50H52N2O3.C6H14O2/c1-53-33-34-55-36-35-54-32-31-50(30-29-39-15-14-16-39)48-37-44(51(40-17-6-2-7-18-40)41-19-8-3-9-20-41)25-27-46(48)47-28-26-45(38-49(47)50)52(42-21-10-4-11-22-42)43-23-12-5-13-24-43;1-3-4-8-6-5-7-2/h2-13,17-28,37-39H,14-16,29-36H2,1H3;3-6H2,1-2H3. The van der Waals surface area contributed by atoms with Gasteiger partial charge in [-0.25, -0.2) is 0 Å². The molecule has 0 spiro atoms. The molecule has 2 aliphatic carbocycles. The molecule has 0 heterocycles. The van der Waals surface area contributed by atoms with Crippen molar-refractivity contribution in [1.82, 2.24) is 0 Å². The zero-order chi connectivity index (χ0) is 43.5. The maximum atomic E-state index is 6.42. The van der Waals surface area contributed by atoms with Gasteiger partial charge in [0, 0.05) is 67.0 Å². The molecule has 0 aliphatic heterocycles. The summed E-state index contributed by atoms with van der Waals surface area (Å²) in [4.78, 5) is 4.79. The van der Waals surface area contributed by atoms with E-state index in [1.165, 1.54) is 59.3 Å². The number of rotatable bonds is 23. The molecule has 0 radical (unpaired) electrons. The molecule has 63 heavy (non-hydrogen) atoms. The number of nitrogens with zero attached hydrogens (tertiary/aromatic N) is 2. The Kier molecular flexibility index (Phi) is 17.4. The largest absolute Gasteiger partial charge is 0.382 e. The van der Waals surface area contributed by atoms with Gasteiger partial charge in [-0.2, -0.15) is 0 Å². The highest BCUT2D eigenvalue weighted by Gasteiger charge is 2.44. The normalized spacial score (nSPS) is 13.6. The summed E-state index contributed by atoms with van der Waals surface area (Å²) in [5, 5.41) is 0. The second-order valence-electron chi connectivity index (χ2n) is 16.5. The Balaban J connectivity index is 0.000000679. The quantitative estimate of drug-likeness (QED) is 0.0595. The van der Waals surface area contributed by atoms with Crippen LogP contribution in [0.2, 0.25) is 0 Å². The van der Waals surface area contributed by atoms with Crippen LogP contribution in [0, 0.1) is 5.92 Å². The van der Waals surface area contributed by atoms with E-state index in [1.54, 1.807) is 14.2 Å². The Morgan fingerprint density at radius 3 is 1.22 bits per heavy atom. The van der Waals surface area contributed by atoms with Gasteiger partial charge in [-0.1, -0.05) is 111 Å². The highest BCUT2D eigenvalue weighted by Crippen LogP contribution is 2.57. The zero-order valence-corrected chi connectivity index (χ0v) is 37.6. The predicted molar refractivity (Wildman–Crippen MR) is 260 cm³/mol. The van der Waals surface area contributed by atoms with Gasteiger partial charge in [0.15, 0.2) is 0 Å². The SMILES string of the molecule is CCCOCCOC.COCCOCCOCCC1(CCC2CCC2)c2cc(N(c3ccccc3)c3ccccc3)ccc2-c2ccc(N(c3ccccc3)c3ccccc3)cc21. The van der Waals surface area contributed by atoms with Crippen molar-refractivity contribution in [2.75, 3.05) is 76.9 Å². The molecule has 0 aromatic heterocycles. The monoisotopic (exact) mass is 846 g/mol. The summed E-state index contributed by atoms with van der Waals surface area (Å²) in [6, 6.07) is 57.4. The van der Waals surface area contributed by atoms with Crippen LogP contribution in [0.4, 0.5) is 34.1 Å². The number of fused-ring (bicyclic) bond motifs is 3. The molecule has 6 aromatic carbocycles. The molecule has 1 fully saturated rings. The fraction of sp³-hybridized carbons (Fsp3) is 0.357. The van der Waals surface area contributed by atoms with Crippen molar-refractivity contribution < 1.29 is 23.7 Å². The number of ether oxygens (including phenoxy) is 5. The number of benzene rings is 6. The molecule has 8 rings (SSSR count). The zero-order valence-electron chi connectivity index (χ0n) is 37.6. The molecule has 0 amide bonds. The average molecular weight is 847 g/mol. The molecule has 2 aliphatic rings. The summed E-state index contributed by atoms with van der Waals surface area (Å²) >= 11 is 0. The van der Waals surface area contributed by atoms with Gasteiger partial charge in [-0.3, -0.25) is 0 Å². The van der Waals surface area contributed by atoms with E-state index in [1.807, 2.05) is 0 Å². The van der Waals surface area contributed by atoms with Gasteiger partial charge in [-0.15, -0.1) is 0 Å². The molecular formula is C56H66N2O5. The molecule has 6 aromatic rings. The van der Waals surface area contributed by atoms with Crippen molar-refractivity contribution in [3.63, 3.8) is 0 Å². The summed E-state index contributed by atoms with van der Waals surface area (Å²) < 4.78 is 27.2. The molecule has 7 nitrogen and oxygen atoms in total. The lowest BCUT2D eigenvalue weighted by atomic mass is 9.69. The first-order valence-corrected chi connectivity index (χ1v) is 23.0. The third-order valence-corrected chi connectivity index (χ3v) is 12.4. The van der Waals surface area contributed by atoms with Crippen LogP contribution in [0.5, 0.6) is 0 Å². The van der Waals surface area contributed by atoms with Crippen molar-refractivity contribution in [1.29, 1.82) is 0 Å². The van der Waals surface area contributed by atoms with Crippen molar-refractivity contribution in [2.45, 2.75) is 57.3 Å². The van der Waals surface area contributed by atoms with E-state index in [9.17, 15) is 0 Å². The molecular weight excluding hydrogens is 781 g/mol. The second kappa shape index (κ2) is 24.0. The second-order valence-corrected chi connectivity index (χ2v) is 16.5. The number of hydrogen-bond acceptors (Lipinski definition) is 7. The van der Waals surface area contributed by atoms with Crippen molar-refractivity contribution in [3.8, 4) is 11.1 Å². The van der Waals surface area contributed by atoms with Crippen LogP contribution < -0.4 is 9.80 Å². The van der Waals surface area contributed by atoms with E-state index in [0.29, 0.717) is 39.6 Å². The van der Waals surface area contributed by atoms with Gasteiger partial charge in [0.1, 0.15) is 0 Å². The highest BCUT2D eigenvalue weighted by molar-refractivity contribution is 5.88. The first-order valence-electron chi connectivity index (χ1n) is 23.0. The molecule has 0 saturated heterocycles. The number of anilines is 6. The number of para-hydroxylation sites is 4. The summed E-state index contributed by atoms with van der Waals surface area (Å²) in [6.45, 7) is 7.32. The molecule has 330 valence electrons. The average Bonchev–Trinajstić information content (AvgIpc) is 3.58. The van der Waals surface area contributed by atoms with E-state index >= 15 is 0 Å². The first-order chi connectivity index (χ1) is 31.2. The van der Waals surface area contributed by atoms with Crippen LogP contribution in [0.15, 0.2) is 158 Å². The topological polar surface area (TPSA) is 52.6 Å². The highest BCUT2D eigenvalue weighted by atomic mass is 16.5. The van der Waals surface area contributed by atoms with Crippen LogP contribution in [0.3, 0.4) is 0 Å².